The average molecular weight is 429 g/mol. The molecule has 0 spiro atoms. The van der Waals surface area contributed by atoms with Crippen molar-refractivity contribution < 1.29 is 18.8 Å². The highest BCUT2D eigenvalue weighted by atomic mass is 16.5. The minimum Gasteiger partial charge on any atom is -0.480 e. The number of hydrogen-bond donors (Lipinski definition) is 2. The Balaban J connectivity index is 1.56. The van der Waals surface area contributed by atoms with Crippen molar-refractivity contribution in [1.29, 1.82) is 0 Å². The zero-order valence-corrected chi connectivity index (χ0v) is 17.8. The second-order valence-electron chi connectivity index (χ2n) is 7.44. The fourth-order valence-electron chi connectivity index (χ4n) is 3.26. The number of amides is 2. The van der Waals surface area contributed by atoms with Crippen LogP contribution in [0.5, 0.6) is 5.75 Å². The van der Waals surface area contributed by atoms with Gasteiger partial charge in [0.15, 0.2) is 11.9 Å². The predicted molar refractivity (Wildman–Crippen MR) is 122 cm³/mol. The minimum absolute atomic E-state index is 0.283. The van der Waals surface area contributed by atoms with Gasteiger partial charge in [-0.2, -0.15) is 0 Å². The molecular formula is C25H23N3O4. The Hall–Kier alpha value is -4.13. The summed E-state index contributed by atoms with van der Waals surface area (Å²) in [5.74, 6) is 0.535. The van der Waals surface area contributed by atoms with Crippen molar-refractivity contribution in [2.24, 2.45) is 0 Å². The van der Waals surface area contributed by atoms with Gasteiger partial charge in [-0.1, -0.05) is 59.8 Å². The number of rotatable bonds is 7. The van der Waals surface area contributed by atoms with Crippen molar-refractivity contribution >= 4 is 28.4 Å². The van der Waals surface area contributed by atoms with Gasteiger partial charge >= 0.3 is 0 Å². The average Bonchev–Trinajstić information content (AvgIpc) is 3.22. The summed E-state index contributed by atoms with van der Waals surface area (Å²) in [6.45, 7) is 3.73. The van der Waals surface area contributed by atoms with Gasteiger partial charge in [-0.25, -0.2) is 0 Å². The van der Waals surface area contributed by atoms with Crippen molar-refractivity contribution in [3.63, 3.8) is 0 Å². The lowest BCUT2D eigenvalue weighted by atomic mass is 10.0. The van der Waals surface area contributed by atoms with Crippen LogP contribution in [0.2, 0.25) is 0 Å². The summed E-state index contributed by atoms with van der Waals surface area (Å²) in [7, 11) is 0. The van der Waals surface area contributed by atoms with E-state index in [0.717, 1.165) is 16.3 Å². The molecule has 2 amide bonds. The van der Waals surface area contributed by atoms with Gasteiger partial charge in [0.25, 0.3) is 11.8 Å². The Labute approximate surface area is 185 Å². The molecule has 0 fully saturated rings. The number of benzene rings is 3. The standard InChI is InChI=1S/C25H23N3O4/c1-16-12-23(28-32-16)27-24(29)17(2)31-22-14-20-11-7-6-10-19(20)13-21(22)25(30)26-15-18-8-4-3-5-9-18/h3-14,17H,15H2,1-2H3,(H,26,30)(H,27,28,29). The SMILES string of the molecule is Cc1cc(NC(=O)C(C)Oc2cc3ccccc3cc2C(=O)NCc2ccccc2)no1. The zero-order valence-electron chi connectivity index (χ0n) is 17.8. The van der Waals surface area contributed by atoms with Crippen LogP contribution in [-0.4, -0.2) is 23.1 Å². The van der Waals surface area contributed by atoms with E-state index in [1.807, 2.05) is 54.6 Å². The van der Waals surface area contributed by atoms with Crippen LogP contribution >= 0.6 is 0 Å². The third-order valence-electron chi connectivity index (χ3n) is 4.94. The first-order valence-electron chi connectivity index (χ1n) is 10.3. The lowest BCUT2D eigenvalue weighted by molar-refractivity contribution is -0.122. The van der Waals surface area contributed by atoms with Crippen LogP contribution in [0.25, 0.3) is 10.8 Å². The van der Waals surface area contributed by atoms with E-state index in [4.69, 9.17) is 9.26 Å². The number of aryl methyl sites for hydroxylation is 1. The molecule has 3 aromatic carbocycles. The van der Waals surface area contributed by atoms with Crippen LogP contribution in [0.4, 0.5) is 5.82 Å². The molecule has 0 bridgehead atoms. The van der Waals surface area contributed by atoms with Gasteiger partial charge in [0.1, 0.15) is 11.5 Å². The van der Waals surface area contributed by atoms with Crippen molar-refractivity contribution in [1.82, 2.24) is 10.5 Å². The molecule has 4 aromatic rings. The maximum absolute atomic E-state index is 13.0. The fraction of sp³-hybridized carbons (Fsp3) is 0.160. The number of aromatic nitrogens is 1. The summed E-state index contributed by atoms with van der Waals surface area (Å²) in [6.07, 6.45) is -0.867. The number of nitrogens with zero attached hydrogens (tertiary/aromatic N) is 1. The second-order valence-corrected chi connectivity index (χ2v) is 7.44. The van der Waals surface area contributed by atoms with Crippen molar-refractivity contribution in [2.75, 3.05) is 5.32 Å². The summed E-state index contributed by atoms with van der Waals surface area (Å²) in [5, 5.41) is 11.1. The van der Waals surface area contributed by atoms with Crippen LogP contribution in [-0.2, 0) is 11.3 Å². The number of fused-ring (bicyclic) bond motifs is 1. The van der Waals surface area contributed by atoms with E-state index < -0.39 is 12.0 Å². The highest BCUT2D eigenvalue weighted by Gasteiger charge is 2.21. The highest BCUT2D eigenvalue weighted by molar-refractivity contribution is 6.02. The van der Waals surface area contributed by atoms with E-state index in [-0.39, 0.29) is 5.91 Å². The fourth-order valence-corrected chi connectivity index (χ4v) is 3.26. The normalized spacial score (nSPS) is 11.7. The Morgan fingerprint density at radius 1 is 1.00 bits per heavy atom. The molecule has 0 saturated carbocycles. The van der Waals surface area contributed by atoms with E-state index in [1.165, 1.54) is 0 Å². The number of carbonyl (C=O) groups excluding carboxylic acids is 2. The van der Waals surface area contributed by atoms with Crippen LogP contribution < -0.4 is 15.4 Å². The van der Waals surface area contributed by atoms with E-state index in [0.29, 0.717) is 29.4 Å². The number of anilines is 1. The van der Waals surface area contributed by atoms with Crippen molar-refractivity contribution in [3.8, 4) is 5.75 Å². The molecule has 0 saturated heterocycles. The Kier molecular flexibility index (Phi) is 6.17. The summed E-state index contributed by atoms with van der Waals surface area (Å²) in [4.78, 5) is 25.6. The molecule has 7 nitrogen and oxygen atoms in total. The second kappa shape index (κ2) is 9.34. The maximum Gasteiger partial charge on any atom is 0.266 e. The molecule has 162 valence electrons. The molecule has 7 heteroatoms. The molecule has 32 heavy (non-hydrogen) atoms. The largest absolute Gasteiger partial charge is 0.480 e. The lowest BCUT2D eigenvalue weighted by Crippen LogP contribution is -2.31. The van der Waals surface area contributed by atoms with Gasteiger partial charge < -0.3 is 19.9 Å². The molecule has 1 heterocycles. The first-order chi connectivity index (χ1) is 15.5. The Bertz CT molecular complexity index is 1250. The molecule has 2 N–H and O–H groups in total. The smallest absolute Gasteiger partial charge is 0.266 e. The molecule has 1 aromatic heterocycles. The zero-order chi connectivity index (χ0) is 22.5. The van der Waals surface area contributed by atoms with Gasteiger partial charge in [-0.15, -0.1) is 0 Å². The topological polar surface area (TPSA) is 93.5 Å². The van der Waals surface area contributed by atoms with E-state index >= 15 is 0 Å². The van der Waals surface area contributed by atoms with E-state index in [2.05, 4.69) is 15.8 Å². The first kappa shape index (κ1) is 21.1. The van der Waals surface area contributed by atoms with Crippen LogP contribution in [0.15, 0.2) is 77.3 Å². The number of carbonyl (C=O) groups is 2. The van der Waals surface area contributed by atoms with Gasteiger partial charge in [0, 0.05) is 12.6 Å². The monoisotopic (exact) mass is 429 g/mol. The van der Waals surface area contributed by atoms with Crippen molar-refractivity contribution in [2.45, 2.75) is 26.5 Å². The number of nitrogens with one attached hydrogen (secondary N) is 2. The number of ether oxygens (including phenoxy) is 1. The molecule has 0 aliphatic heterocycles. The summed E-state index contributed by atoms with van der Waals surface area (Å²) >= 11 is 0. The molecule has 1 unspecified atom stereocenters. The van der Waals surface area contributed by atoms with Crippen molar-refractivity contribution in [3.05, 3.63) is 89.7 Å². The van der Waals surface area contributed by atoms with Gasteiger partial charge in [-0.3, -0.25) is 9.59 Å². The number of hydrogen-bond acceptors (Lipinski definition) is 5. The lowest BCUT2D eigenvalue weighted by Gasteiger charge is -2.17. The van der Waals surface area contributed by atoms with Gasteiger partial charge in [-0.05, 0) is 42.3 Å². The third kappa shape index (κ3) is 4.95. The minimum atomic E-state index is -0.867. The van der Waals surface area contributed by atoms with Crippen LogP contribution in [0.1, 0.15) is 28.6 Å². The van der Waals surface area contributed by atoms with Crippen LogP contribution in [0, 0.1) is 6.92 Å². The maximum atomic E-state index is 13.0. The molecule has 0 aliphatic carbocycles. The molecule has 0 aliphatic rings. The Morgan fingerprint density at radius 3 is 2.38 bits per heavy atom. The molecular weight excluding hydrogens is 406 g/mol. The molecule has 4 rings (SSSR count). The predicted octanol–water partition coefficient (Wildman–Crippen LogP) is 4.47. The van der Waals surface area contributed by atoms with E-state index in [9.17, 15) is 9.59 Å². The third-order valence-corrected chi connectivity index (χ3v) is 4.94. The quantitative estimate of drug-likeness (QED) is 0.452. The molecule has 1 atom stereocenters. The summed E-state index contributed by atoms with van der Waals surface area (Å²) in [5.41, 5.74) is 1.34. The Morgan fingerprint density at radius 2 is 1.69 bits per heavy atom. The summed E-state index contributed by atoms with van der Waals surface area (Å²) < 4.78 is 10.9. The molecule has 0 radical (unpaired) electrons. The van der Waals surface area contributed by atoms with Crippen LogP contribution in [0.3, 0.4) is 0 Å². The van der Waals surface area contributed by atoms with Gasteiger partial charge in [0.05, 0.1) is 5.56 Å². The van der Waals surface area contributed by atoms with Gasteiger partial charge in [0.2, 0.25) is 0 Å². The first-order valence-corrected chi connectivity index (χ1v) is 10.3. The highest BCUT2D eigenvalue weighted by Crippen LogP contribution is 2.27. The van der Waals surface area contributed by atoms with E-state index in [1.54, 1.807) is 32.0 Å². The summed E-state index contributed by atoms with van der Waals surface area (Å²) in [6, 6.07) is 22.5.